The molecule has 2 N–H and O–H groups in total. The largest absolute Gasteiger partial charge is 0.367 e. The van der Waals surface area contributed by atoms with Crippen LogP contribution in [-0.2, 0) is 6.54 Å². The molecule has 0 saturated heterocycles. The monoisotopic (exact) mass is 273 g/mol. The lowest BCUT2D eigenvalue weighted by atomic mass is 10.0. The minimum absolute atomic E-state index is 0.476. The van der Waals surface area contributed by atoms with Crippen molar-refractivity contribution in [3.8, 4) is 6.07 Å². The van der Waals surface area contributed by atoms with Crippen molar-refractivity contribution < 1.29 is 0 Å². The van der Waals surface area contributed by atoms with Crippen LogP contribution in [0.15, 0.2) is 18.2 Å². The maximum Gasteiger partial charge on any atom is 0.101 e. The number of anilines is 1. The van der Waals surface area contributed by atoms with Gasteiger partial charge in [-0.3, -0.25) is 0 Å². The molecule has 1 aromatic carbocycles. The van der Waals surface area contributed by atoms with Crippen molar-refractivity contribution >= 4 is 5.69 Å². The fourth-order valence-corrected chi connectivity index (χ4v) is 2.62. The van der Waals surface area contributed by atoms with Gasteiger partial charge >= 0.3 is 0 Å². The van der Waals surface area contributed by atoms with Crippen molar-refractivity contribution in [1.82, 2.24) is 0 Å². The van der Waals surface area contributed by atoms with Gasteiger partial charge in [-0.05, 0) is 36.5 Å². The fourth-order valence-electron chi connectivity index (χ4n) is 2.62. The van der Waals surface area contributed by atoms with Crippen LogP contribution in [0.3, 0.4) is 0 Å². The van der Waals surface area contributed by atoms with Gasteiger partial charge in [0.1, 0.15) is 6.07 Å². The zero-order valence-electron chi connectivity index (χ0n) is 13.2. The van der Waals surface area contributed by atoms with E-state index in [4.69, 9.17) is 5.73 Å². The predicted octanol–water partition coefficient (Wildman–Crippen LogP) is 3.67. The first-order valence-corrected chi connectivity index (χ1v) is 7.57. The highest BCUT2D eigenvalue weighted by Crippen LogP contribution is 2.26. The molecule has 3 heteroatoms. The summed E-state index contributed by atoms with van der Waals surface area (Å²) < 4.78 is 0. The highest BCUT2D eigenvalue weighted by Gasteiger charge is 2.19. The van der Waals surface area contributed by atoms with Crippen LogP contribution < -0.4 is 10.6 Å². The van der Waals surface area contributed by atoms with E-state index in [1.165, 1.54) is 0 Å². The summed E-state index contributed by atoms with van der Waals surface area (Å²) in [7, 11) is 0. The molecule has 0 heterocycles. The van der Waals surface area contributed by atoms with Gasteiger partial charge in [0.15, 0.2) is 0 Å². The SMILES string of the molecule is CCC(CC)N(CC(C)C)c1ccc(CN)cc1C#N. The number of hydrogen-bond donors (Lipinski definition) is 1. The Morgan fingerprint density at radius 3 is 2.35 bits per heavy atom. The minimum atomic E-state index is 0.476. The lowest BCUT2D eigenvalue weighted by Crippen LogP contribution is -2.37. The van der Waals surface area contributed by atoms with Crippen LogP contribution >= 0.6 is 0 Å². The maximum absolute atomic E-state index is 9.43. The molecule has 0 aromatic heterocycles. The zero-order chi connectivity index (χ0) is 15.1. The molecule has 0 aliphatic rings. The Kier molecular flexibility index (Phi) is 6.54. The van der Waals surface area contributed by atoms with E-state index in [0.717, 1.165) is 36.2 Å². The molecular formula is C17H27N3. The summed E-state index contributed by atoms with van der Waals surface area (Å²) in [6, 6.07) is 8.82. The van der Waals surface area contributed by atoms with Crippen LogP contribution in [-0.4, -0.2) is 12.6 Å². The van der Waals surface area contributed by atoms with E-state index >= 15 is 0 Å². The molecule has 1 rings (SSSR count). The van der Waals surface area contributed by atoms with Gasteiger partial charge in [-0.2, -0.15) is 5.26 Å². The maximum atomic E-state index is 9.43. The summed E-state index contributed by atoms with van der Waals surface area (Å²) in [5, 5.41) is 9.43. The molecule has 110 valence electrons. The van der Waals surface area contributed by atoms with E-state index < -0.39 is 0 Å². The Morgan fingerprint density at radius 1 is 1.25 bits per heavy atom. The topological polar surface area (TPSA) is 53.0 Å². The van der Waals surface area contributed by atoms with E-state index in [0.29, 0.717) is 18.5 Å². The van der Waals surface area contributed by atoms with Crippen molar-refractivity contribution in [3.63, 3.8) is 0 Å². The molecule has 0 radical (unpaired) electrons. The smallest absolute Gasteiger partial charge is 0.101 e. The molecule has 20 heavy (non-hydrogen) atoms. The number of benzene rings is 1. The summed E-state index contributed by atoms with van der Waals surface area (Å²) in [4.78, 5) is 2.39. The standard InChI is InChI=1S/C17H27N3/c1-5-16(6-2)20(12-13(3)4)17-8-7-14(10-18)9-15(17)11-19/h7-9,13,16H,5-6,10,12,18H2,1-4H3. The van der Waals surface area contributed by atoms with Crippen LogP contribution in [0.5, 0.6) is 0 Å². The number of nitrogens with zero attached hydrogens (tertiary/aromatic N) is 2. The lowest BCUT2D eigenvalue weighted by Gasteiger charge is -2.35. The summed E-state index contributed by atoms with van der Waals surface area (Å²) in [6.07, 6.45) is 2.18. The average Bonchev–Trinajstić information content (AvgIpc) is 2.46. The second-order valence-electron chi connectivity index (χ2n) is 5.68. The van der Waals surface area contributed by atoms with E-state index in [1.807, 2.05) is 12.1 Å². The zero-order valence-corrected chi connectivity index (χ0v) is 13.2. The number of hydrogen-bond acceptors (Lipinski definition) is 3. The first-order valence-electron chi connectivity index (χ1n) is 7.57. The molecular weight excluding hydrogens is 246 g/mol. The molecule has 0 saturated carbocycles. The van der Waals surface area contributed by atoms with Crippen LogP contribution in [0, 0.1) is 17.2 Å². The van der Waals surface area contributed by atoms with Crippen LogP contribution in [0.2, 0.25) is 0 Å². The third kappa shape index (κ3) is 3.98. The quantitative estimate of drug-likeness (QED) is 0.824. The molecule has 3 nitrogen and oxygen atoms in total. The molecule has 0 aliphatic heterocycles. The van der Waals surface area contributed by atoms with Crippen LogP contribution in [0.1, 0.15) is 51.7 Å². The van der Waals surface area contributed by atoms with Crippen molar-refractivity contribution in [2.24, 2.45) is 11.7 Å². The molecule has 0 spiro atoms. The summed E-state index contributed by atoms with van der Waals surface area (Å²) in [5.41, 5.74) is 8.47. The minimum Gasteiger partial charge on any atom is -0.367 e. The second-order valence-corrected chi connectivity index (χ2v) is 5.68. The van der Waals surface area contributed by atoms with Crippen molar-refractivity contribution in [3.05, 3.63) is 29.3 Å². The van der Waals surface area contributed by atoms with Gasteiger partial charge in [0.05, 0.1) is 11.3 Å². The first-order chi connectivity index (χ1) is 9.57. The first kappa shape index (κ1) is 16.5. The Bertz CT molecular complexity index is 456. The molecule has 0 atom stereocenters. The number of rotatable bonds is 7. The van der Waals surface area contributed by atoms with E-state index in [-0.39, 0.29) is 0 Å². The molecule has 0 unspecified atom stereocenters. The normalized spacial score (nSPS) is 10.9. The summed E-state index contributed by atoms with van der Waals surface area (Å²) >= 11 is 0. The molecule has 0 aliphatic carbocycles. The van der Waals surface area contributed by atoms with Gasteiger partial charge in [-0.1, -0.05) is 33.8 Å². The van der Waals surface area contributed by atoms with Gasteiger partial charge in [0.25, 0.3) is 0 Å². The van der Waals surface area contributed by atoms with Gasteiger partial charge in [0.2, 0.25) is 0 Å². The van der Waals surface area contributed by atoms with Gasteiger partial charge in [-0.25, -0.2) is 0 Å². The molecule has 0 amide bonds. The predicted molar refractivity (Wildman–Crippen MR) is 85.6 cm³/mol. The second kappa shape index (κ2) is 7.91. The van der Waals surface area contributed by atoms with Gasteiger partial charge in [-0.15, -0.1) is 0 Å². The Balaban J connectivity index is 3.22. The molecule has 0 fully saturated rings. The van der Waals surface area contributed by atoms with Crippen LogP contribution in [0.25, 0.3) is 0 Å². The Hall–Kier alpha value is -1.53. The molecule has 0 bridgehead atoms. The van der Waals surface area contributed by atoms with E-state index in [1.54, 1.807) is 0 Å². The third-order valence-electron chi connectivity index (χ3n) is 3.67. The van der Waals surface area contributed by atoms with Gasteiger partial charge in [0, 0.05) is 19.1 Å². The highest BCUT2D eigenvalue weighted by molar-refractivity contribution is 5.61. The van der Waals surface area contributed by atoms with Crippen molar-refractivity contribution in [2.45, 2.75) is 53.1 Å². The number of nitriles is 1. The van der Waals surface area contributed by atoms with Crippen molar-refractivity contribution in [2.75, 3.05) is 11.4 Å². The fraction of sp³-hybridized carbons (Fsp3) is 0.588. The Labute approximate surface area is 123 Å². The highest BCUT2D eigenvalue weighted by atomic mass is 15.2. The summed E-state index contributed by atoms with van der Waals surface area (Å²) in [6.45, 7) is 10.3. The summed E-state index contributed by atoms with van der Waals surface area (Å²) in [5.74, 6) is 0.566. The third-order valence-corrected chi connectivity index (χ3v) is 3.67. The van der Waals surface area contributed by atoms with Gasteiger partial charge < -0.3 is 10.6 Å². The number of nitrogens with two attached hydrogens (primary N) is 1. The van der Waals surface area contributed by atoms with Crippen LogP contribution in [0.4, 0.5) is 5.69 Å². The lowest BCUT2D eigenvalue weighted by molar-refractivity contribution is 0.507. The average molecular weight is 273 g/mol. The molecule has 1 aromatic rings. The van der Waals surface area contributed by atoms with Crippen molar-refractivity contribution in [1.29, 1.82) is 5.26 Å². The van der Waals surface area contributed by atoms with E-state index in [2.05, 4.69) is 44.7 Å². The Morgan fingerprint density at radius 2 is 1.90 bits per heavy atom. The van der Waals surface area contributed by atoms with E-state index in [9.17, 15) is 5.26 Å².